The third-order valence-electron chi connectivity index (χ3n) is 2.93. The Morgan fingerprint density at radius 2 is 2.30 bits per heavy atom. The average Bonchev–Trinajstić information content (AvgIpc) is 2.97. The van der Waals surface area contributed by atoms with Gasteiger partial charge in [0.15, 0.2) is 0 Å². The molecular formula is C14H22N4OS. The molecule has 2 aromatic heterocycles. The van der Waals surface area contributed by atoms with Crippen molar-refractivity contribution in [3.63, 3.8) is 0 Å². The van der Waals surface area contributed by atoms with Crippen LogP contribution in [0.2, 0.25) is 0 Å². The Hall–Kier alpha value is -1.21. The molecule has 6 heteroatoms. The lowest BCUT2D eigenvalue weighted by Gasteiger charge is -2.16. The summed E-state index contributed by atoms with van der Waals surface area (Å²) in [5.74, 6) is 0. The maximum atomic E-state index is 9.83. The number of nitrogens with zero attached hydrogens (tertiary/aromatic N) is 3. The molecule has 0 saturated carbocycles. The fraction of sp³-hybridized carbons (Fsp3) is 0.500. The van der Waals surface area contributed by atoms with Crippen LogP contribution in [0.15, 0.2) is 23.7 Å². The molecule has 0 aliphatic carbocycles. The maximum Gasteiger partial charge on any atom is 0.107 e. The van der Waals surface area contributed by atoms with E-state index in [-0.39, 0.29) is 6.10 Å². The molecule has 5 nitrogen and oxygen atoms in total. The van der Waals surface area contributed by atoms with Gasteiger partial charge < -0.3 is 15.3 Å². The second-order valence-corrected chi connectivity index (χ2v) is 6.15. The van der Waals surface area contributed by atoms with Gasteiger partial charge in [-0.25, -0.2) is 0 Å². The standard InChI is InChI=1S/C14H22N4OS/c1-17(2)10-12(19)8-15-7-11-9-18(3)16-14(11)13-5-4-6-20-13/h4-6,9,12,15,19H,7-8,10H2,1-3H3. The minimum atomic E-state index is -0.355. The molecule has 20 heavy (non-hydrogen) atoms. The number of thiophene rings is 1. The van der Waals surface area contributed by atoms with Gasteiger partial charge in [0.2, 0.25) is 0 Å². The summed E-state index contributed by atoms with van der Waals surface area (Å²) in [6.07, 6.45) is 1.67. The topological polar surface area (TPSA) is 53.3 Å². The van der Waals surface area contributed by atoms with Crippen LogP contribution in [0, 0.1) is 0 Å². The molecule has 0 aliphatic rings. The number of aromatic nitrogens is 2. The Labute approximate surface area is 123 Å². The molecule has 110 valence electrons. The summed E-state index contributed by atoms with van der Waals surface area (Å²) in [5.41, 5.74) is 2.18. The van der Waals surface area contributed by atoms with Crippen molar-refractivity contribution in [2.24, 2.45) is 7.05 Å². The molecule has 0 fully saturated rings. The molecule has 0 spiro atoms. The zero-order chi connectivity index (χ0) is 14.5. The number of aliphatic hydroxyl groups is 1. The monoisotopic (exact) mass is 294 g/mol. The highest BCUT2D eigenvalue weighted by molar-refractivity contribution is 7.13. The van der Waals surface area contributed by atoms with Gasteiger partial charge in [0.05, 0.1) is 11.0 Å². The Kier molecular flexibility index (Phi) is 5.31. The van der Waals surface area contributed by atoms with Gasteiger partial charge in [0.1, 0.15) is 5.69 Å². The van der Waals surface area contributed by atoms with E-state index in [1.807, 2.05) is 43.0 Å². The first-order valence-electron chi connectivity index (χ1n) is 6.66. The highest BCUT2D eigenvalue weighted by atomic mass is 32.1. The summed E-state index contributed by atoms with van der Waals surface area (Å²) in [6.45, 7) is 1.96. The van der Waals surface area contributed by atoms with Gasteiger partial charge in [-0.3, -0.25) is 4.68 Å². The van der Waals surface area contributed by atoms with E-state index >= 15 is 0 Å². The fourth-order valence-corrected chi connectivity index (χ4v) is 2.89. The molecule has 0 saturated heterocycles. The number of aryl methyl sites for hydroxylation is 1. The van der Waals surface area contributed by atoms with E-state index in [0.717, 1.165) is 11.3 Å². The summed E-state index contributed by atoms with van der Waals surface area (Å²) < 4.78 is 1.84. The van der Waals surface area contributed by atoms with E-state index in [4.69, 9.17) is 0 Å². The van der Waals surface area contributed by atoms with Crippen molar-refractivity contribution in [2.45, 2.75) is 12.6 Å². The lowest BCUT2D eigenvalue weighted by molar-refractivity contribution is 0.134. The van der Waals surface area contributed by atoms with Gasteiger partial charge in [0, 0.05) is 38.4 Å². The zero-order valence-corrected chi connectivity index (χ0v) is 13.0. The SMILES string of the molecule is CN(C)CC(O)CNCc1cn(C)nc1-c1cccs1. The molecular weight excluding hydrogens is 272 g/mol. The number of nitrogens with one attached hydrogen (secondary N) is 1. The van der Waals surface area contributed by atoms with Crippen molar-refractivity contribution in [3.05, 3.63) is 29.3 Å². The first kappa shape index (κ1) is 15.2. The van der Waals surface area contributed by atoms with Crippen molar-refractivity contribution < 1.29 is 5.11 Å². The van der Waals surface area contributed by atoms with Gasteiger partial charge in [-0.1, -0.05) is 6.07 Å². The highest BCUT2D eigenvalue weighted by Gasteiger charge is 2.11. The van der Waals surface area contributed by atoms with Crippen molar-refractivity contribution in [1.82, 2.24) is 20.0 Å². The van der Waals surface area contributed by atoms with Gasteiger partial charge in [-0.2, -0.15) is 5.10 Å². The molecule has 0 radical (unpaired) electrons. The summed E-state index contributed by atoms with van der Waals surface area (Å²) in [5, 5.41) is 19.7. The number of aliphatic hydroxyl groups excluding tert-OH is 1. The van der Waals surface area contributed by atoms with Crippen molar-refractivity contribution in [3.8, 4) is 10.6 Å². The van der Waals surface area contributed by atoms with Crippen LogP contribution in [0.5, 0.6) is 0 Å². The Morgan fingerprint density at radius 1 is 1.50 bits per heavy atom. The second-order valence-electron chi connectivity index (χ2n) is 5.20. The zero-order valence-electron chi connectivity index (χ0n) is 12.2. The maximum absolute atomic E-state index is 9.83. The van der Waals surface area contributed by atoms with Crippen LogP contribution in [-0.2, 0) is 13.6 Å². The molecule has 1 atom stereocenters. The normalized spacial score (nSPS) is 13.1. The fourth-order valence-electron chi connectivity index (χ4n) is 2.15. The summed E-state index contributed by atoms with van der Waals surface area (Å²) in [4.78, 5) is 3.16. The largest absolute Gasteiger partial charge is 0.390 e. The van der Waals surface area contributed by atoms with E-state index in [9.17, 15) is 5.11 Å². The first-order valence-corrected chi connectivity index (χ1v) is 7.54. The molecule has 1 unspecified atom stereocenters. The van der Waals surface area contributed by atoms with Crippen LogP contribution >= 0.6 is 11.3 Å². The highest BCUT2D eigenvalue weighted by Crippen LogP contribution is 2.26. The molecule has 0 aromatic carbocycles. The van der Waals surface area contributed by atoms with Crippen LogP contribution in [0.3, 0.4) is 0 Å². The number of hydrogen-bond acceptors (Lipinski definition) is 5. The minimum Gasteiger partial charge on any atom is -0.390 e. The molecule has 0 bridgehead atoms. The number of likely N-dealkylation sites (N-methyl/N-ethyl adjacent to an activating group) is 1. The number of hydrogen-bond donors (Lipinski definition) is 2. The van der Waals surface area contributed by atoms with Gasteiger partial charge in [-0.15, -0.1) is 11.3 Å². The van der Waals surface area contributed by atoms with E-state index in [1.165, 1.54) is 4.88 Å². The summed E-state index contributed by atoms with van der Waals surface area (Å²) in [7, 11) is 5.85. The van der Waals surface area contributed by atoms with E-state index in [2.05, 4.69) is 21.9 Å². The van der Waals surface area contributed by atoms with Crippen LogP contribution in [0.25, 0.3) is 10.6 Å². The first-order chi connectivity index (χ1) is 9.56. The molecule has 2 heterocycles. The Bertz CT molecular complexity index is 521. The minimum absolute atomic E-state index is 0.355. The lowest BCUT2D eigenvalue weighted by atomic mass is 10.2. The van der Waals surface area contributed by atoms with Gasteiger partial charge >= 0.3 is 0 Å². The van der Waals surface area contributed by atoms with Crippen LogP contribution in [0.4, 0.5) is 0 Å². The Balaban J connectivity index is 1.93. The summed E-state index contributed by atoms with van der Waals surface area (Å²) in [6, 6.07) is 4.12. The van der Waals surface area contributed by atoms with Gasteiger partial charge in [0.25, 0.3) is 0 Å². The quantitative estimate of drug-likeness (QED) is 0.805. The molecule has 0 amide bonds. The van der Waals surface area contributed by atoms with E-state index in [1.54, 1.807) is 11.3 Å². The third-order valence-corrected chi connectivity index (χ3v) is 3.81. The second kappa shape index (κ2) is 6.99. The smallest absolute Gasteiger partial charge is 0.107 e. The lowest BCUT2D eigenvalue weighted by Crippen LogP contribution is -2.34. The predicted octanol–water partition coefficient (Wildman–Crippen LogP) is 1.16. The van der Waals surface area contributed by atoms with Crippen molar-refractivity contribution in [2.75, 3.05) is 27.2 Å². The van der Waals surface area contributed by atoms with Crippen LogP contribution in [-0.4, -0.2) is 53.1 Å². The van der Waals surface area contributed by atoms with Crippen molar-refractivity contribution in [1.29, 1.82) is 0 Å². The average molecular weight is 294 g/mol. The molecule has 2 rings (SSSR count). The van der Waals surface area contributed by atoms with Crippen LogP contribution < -0.4 is 5.32 Å². The molecule has 2 N–H and O–H groups in total. The Morgan fingerprint density at radius 3 is 2.95 bits per heavy atom. The molecule has 0 aliphatic heterocycles. The van der Waals surface area contributed by atoms with E-state index < -0.39 is 0 Å². The predicted molar refractivity (Wildman–Crippen MR) is 82.8 cm³/mol. The third kappa shape index (κ3) is 4.14. The number of rotatable bonds is 7. The van der Waals surface area contributed by atoms with Crippen LogP contribution in [0.1, 0.15) is 5.56 Å². The summed E-state index contributed by atoms with van der Waals surface area (Å²) >= 11 is 1.69. The van der Waals surface area contributed by atoms with Crippen molar-refractivity contribution >= 4 is 11.3 Å². The molecule has 2 aromatic rings. The van der Waals surface area contributed by atoms with Gasteiger partial charge in [-0.05, 0) is 25.5 Å². The van der Waals surface area contributed by atoms with E-state index in [0.29, 0.717) is 19.6 Å².